The van der Waals surface area contributed by atoms with Crippen LogP contribution in [0.2, 0.25) is 5.02 Å². The monoisotopic (exact) mass is 464 g/mol. The van der Waals surface area contributed by atoms with Crippen LogP contribution in [0, 0.1) is 0 Å². The molecule has 0 radical (unpaired) electrons. The number of carbonyl (C=O) groups excluding carboxylic acids is 2. The fraction of sp³-hybridized carbons (Fsp3) is 0. The number of hydrogen-bond acceptors (Lipinski definition) is 5. The third kappa shape index (κ3) is 2.76. The van der Waals surface area contributed by atoms with Crippen molar-refractivity contribution in [2.75, 3.05) is 4.90 Å². The highest BCUT2D eigenvalue weighted by Gasteiger charge is 2.35. The smallest absolute Gasteiger partial charge is 0.266 e. The van der Waals surface area contributed by atoms with E-state index in [1.54, 1.807) is 30.3 Å². The molecule has 0 aliphatic carbocycles. The normalized spacial score (nSPS) is 14.1. The summed E-state index contributed by atoms with van der Waals surface area (Å²) >= 11 is 9.52. The molecule has 0 saturated carbocycles. The second-order valence-electron chi connectivity index (χ2n) is 5.84. The molecule has 0 spiro atoms. The van der Waals surface area contributed by atoms with E-state index in [1.807, 2.05) is 0 Å². The number of rotatable bonds is 2. The molecule has 0 N–H and O–H groups in total. The van der Waals surface area contributed by atoms with E-state index in [0.29, 0.717) is 10.8 Å². The van der Waals surface area contributed by atoms with Gasteiger partial charge in [0.05, 0.1) is 15.6 Å². The van der Waals surface area contributed by atoms with Crippen LogP contribution in [-0.4, -0.2) is 24.8 Å². The molecule has 0 unspecified atom stereocenters. The molecule has 0 aromatic heterocycles. The molecule has 0 saturated heterocycles. The minimum absolute atomic E-state index is 0.0307. The lowest BCUT2D eigenvalue weighted by Crippen LogP contribution is -2.40. The number of imide groups is 1. The summed E-state index contributed by atoms with van der Waals surface area (Å²) in [5.41, 5.74) is 0.388. The van der Waals surface area contributed by atoms with Crippen molar-refractivity contribution in [3.05, 3.63) is 69.2 Å². The Hall–Kier alpha value is -2.26. The van der Waals surface area contributed by atoms with Crippen molar-refractivity contribution in [3.63, 3.8) is 0 Å². The average molecular weight is 466 g/mol. The van der Waals surface area contributed by atoms with Gasteiger partial charge in [-0.25, -0.2) is 13.3 Å². The topological polar surface area (TPSA) is 94.6 Å². The highest BCUT2D eigenvalue weighted by Crippen LogP contribution is 2.38. The molecule has 3 aromatic rings. The van der Waals surface area contributed by atoms with Crippen LogP contribution < -0.4 is 4.90 Å². The lowest BCUT2D eigenvalue weighted by molar-refractivity contribution is 0.0893. The van der Waals surface area contributed by atoms with Crippen molar-refractivity contribution in [2.24, 2.45) is 0 Å². The van der Waals surface area contributed by atoms with Crippen LogP contribution >= 0.6 is 27.5 Å². The fourth-order valence-electron chi connectivity index (χ4n) is 3.10. The van der Waals surface area contributed by atoms with Gasteiger partial charge in [-0.15, -0.1) is 0 Å². The maximum atomic E-state index is 13.0. The predicted octanol–water partition coefficient (Wildman–Crippen LogP) is 3.96. The van der Waals surface area contributed by atoms with Gasteiger partial charge in [-0.05, 0) is 41.8 Å². The Labute approximate surface area is 167 Å². The van der Waals surface area contributed by atoms with Crippen molar-refractivity contribution in [3.8, 4) is 0 Å². The maximum Gasteiger partial charge on any atom is 0.266 e. The number of anilines is 1. The fourth-order valence-corrected chi connectivity index (χ4v) is 4.25. The van der Waals surface area contributed by atoms with Crippen molar-refractivity contribution >= 4 is 65.9 Å². The molecule has 1 aliphatic rings. The van der Waals surface area contributed by atoms with Crippen LogP contribution in [0.3, 0.4) is 0 Å². The Morgan fingerprint density at radius 1 is 0.963 bits per heavy atom. The minimum atomic E-state index is -4.79. The number of carbonyl (C=O) groups is 2. The van der Waals surface area contributed by atoms with Gasteiger partial charge >= 0.3 is 0 Å². The summed E-state index contributed by atoms with van der Waals surface area (Å²) in [7, 11) is -4.79. The SMILES string of the molecule is O=C1c2cccc3c(Br)ccc(c23)C(=O)N1c1cc(S(=O)(=O)[O-])ccc1Cl. The van der Waals surface area contributed by atoms with Gasteiger partial charge in [0.25, 0.3) is 11.8 Å². The first-order valence-electron chi connectivity index (χ1n) is 7.55. The highest BCUT2D eigenvalue weighted by molar-refractivity contribution is 9.10. The molecule has 27 heavy (non-hydrogen) atoms. The predicted molar refractivity (Wildman–Crippen MR) is 102 cm³/mol. The zero-order chi connectivity index (χ0) is 19.5. The average Bonchev–Trinajstić information content (AvgIpc) is 2.61. The van der Waals surface area contributed by atoms with E-state index in [9.17, 15) is 22.6 Å². The van der Waals surface area contributed by atoms with Crippen LogP contribution in [0.15, 0.2) is 57.9 Å². The van der Waals surface area contributed by atoms with Crippen molar-refractivity contribution < 1.29 is 22.6 Å². The zero-order valence-corrected chi connectivity index (χ0v) is 16.4. The van der Waals surface area contributed by atoms with Crippen LogP contribution in [0.25, 0.3) is 10.8 Å². The number of halogens is 2. The Morgan fingerprint density at radius 3 is 2.30 bits per heavy atom. The van der Waals surface area contributed by atoms with Gasteiger partial charge in [-0.3, -0.25) is 9.59 Å². The summed E-state index contributed by atoms with van der Waals surface area (Å²) < 4.78 is 34.8. The lowest BCUT2D eigenvalue weighted by atomic mass is 9.94. The molecule has 0 fully saturated rings. The van der Waals surface area contributed by atoms with E-state index in [0.717, 1.165) is 21.5 Å². The number of benzene rings is 3. The third-order valence-corrected chi connectivity index (χ3v) is 6.14. The van der Waals surface area contributed by atoms with Gasteiger partial charge < -0.3 is 4.55 Å². The molecule has 2 amide bonds. The second-order valence-corrected chi connectivity index (χ2v) is 8.48. The van der Waals surface area contributed by atoms with Crippen molar-refractivity contribution in [1.82, 2.24) is 0 Å². The molecule has 0 atom stereocenters. The van der Waals surface area contributed by atoms with Gasteiger partial charge in [-0.2, -0.15) is 0 Å². The highest BCUT2D eigenvalue weighted by atomic mass is 79.9. The van der Waals surface area contributed by atoms with Gasteiger partial charge in [-0.1, -0.05) is 39.7 Å². The number of nitrogens with zero attached hydrogens (tertiary/aromatic N) is 1. The van der Waals surface area contributed by atoms with Crippen molar-refractivity contribution in [2.45, 2.75) is 4.90 Å². The quantitative estimate of drug-likeness (QED) is 0.422. The van der Waals surface area contributed by atoms with Crippen LogP contribution in [0.4, 0.5) is 5.69 Å². The van der Waals surface area contributed by atoms with Gasteiger partial charge in [0.2, 0.25) is 0 Å². The summed E-state index contributed by atoms with van der Waals surface area (Å²) in [5.74, 6) is -1.31. The molecular weight excluding hydrogens is 458 g/mol. The molecule has 9 heteroatoms. The zero-order valence-electron chi connectivity index (χ0n) is 13.3. The van der Waals surface area contributed by atoms with E-state index in [2.05, 4.69) is 15.9 Å². The van der Waals surface area contributed by atoms with Gasteiger partial charge in [0.1, 0.15) is 10.1 Å². The first kappa shape index (κ1) is 18.1. The number of amides is 2. The molecule has 3 aromatic carbocycles. The van der Waals surface area contributed by atoms with E-state index in [4.69, 9.17) is 11.6 Å². The van der Waals surface area contributed by atoms with E-state index in [1.165, 1.54) is 6.07 Å². The maximum absolute atomic E-state index is 13.0. The Morgan fingerprint density at radius 2 is 1.63 bits per heavy atom. The Balaban J connectivity index is 1.99. The van der Waals surface area contributed by atoms with Crippen LogP contribution in [0.1, 0.15) is 20.7 Å². The van der Waals surface area contributed by atoms with Crippen LogP contribution in [-0.2, 0) is 10.1 Å². The van der Waals surface area contributed by atoms with Gasteiger partial charge in [0.15, 0.2) is 0 Å². The third-order valence-electron chi connectivity index (χ3n) is 4.30. The van der Waals surface area contributed by atoms with E-state index < -0.39 is 26.8 Å². The molecule has 136 valence electrons. The van der Waals surface area contributed by atoms with E-state index >= 15 is 0 Å². The Bertz CT molecular complexity index is 1250. The summed E-state index contributed by atoms with van der Waals surface area (Å²) in [4.78, 5) is 26.3. The first-order chi connectivity index (χ1) is 12.7. The van der Waals surface area contributed by atoms with Crippen molar-refractivity contribution in [1.29, 1.82) is 0 Å². The summed E-state index contributed by atoms with van der Waals surface area (Å²) in [6, 6.07) is 11.4. The largest absolute Gasteiger partial charge is 0.744 e. The molecular formula is C18H8BrClNO5S-. The molecule has 1 aliphatic heterocycles. The van der Waals surface area contributed by atoms with E-state index in [-0.39, 0.29) is 21.8 Å². The molecule has 1 heterocycles. The molecule has 0 bridgehead atoms. The molecule has 6 nitrogen and oxygen atoms in total. The Kier molecular flexibility index (Phi) is 4.12. The summed E-state index contributed by atoms with van der Waals surface area (Å²) in [6.07, 6.45) is 0. The number of hydrogen-bond donors (Lipinski definition) is 0. The standard InChI is InChI=1S/C18H9BrClNO5S/c19-13-6-5-12-16-10(13)2-1-3-11(16)17(22)21(18(12)23)15-8-9(27(24,25)26)4-7-14(15)20/h1-8H,(H,24,25,26)/p-1. The lowest BCUT2D eigenvalue weighted by Gasteiger charge is -2.28. The summed E-state index contributed by atoms with van der Waals surface area (Å²) in [6.45, 7) is 0. The molecule has 4 rings (SSSR count). The second kappa shape index (κ2) is 6.13. The summed E-state index contributed by atoms with van der Waals surface area (Å²) in [5, 5.41) is 1.17. The minimum Gasteiger partial charge on any atom is -0.744 e. The first-order valence-corrected chi connectivity index (χ1v) is 10.1. The van der Waals surface area contributed by atoms with Gasteiger partial charge in [0, 0.05) is 21.0 Å². The van der Waals surface area contributed by atoms with Crippen LogP contribution in [0.5, 0.6) is 0 Å².